The Bertz CT molecular complexity index is 703. The number of esters is 1. The highest BCUT2D eigenvalue weighted by molar-refractivity contribution is 5.89. The summed E-state index contributed by atoms with van der Waals surface area (Å²) in [5.74, 6) is 0.537. The van der Waals surface area contributed by atoms with E-state index in [1.54, 1.807) is 12.1 Å². The van der Waals surface area contributed by atoms with Crippen molar-refractivity contribution >= 4 is 5.97 Å². The van der Waals surface area contributed by atoms with Crippen LogP contribution in [0.25, 0.3) is 0 Å². The molecule has 3 atom stereocenters. The third-order valence-electron chi connectivity index (χ3n) is 4.49. The molecule has 0 radical (unpaired) electrons. The lowest BCUT2D eigenvalue weighted by Crippen LogP contribution is -2.24. The Kier molecular flexibility index (Phi) is 2.88. The van der Waals surface area contributed by atoms with Crippen molar-refractivity contribution in [1.82, 2.24) is 0 Å². The van der Waals surface area contributed by atoms with Crippen LogP contribution in [0.15, 0.2) is 66.7 Å². The Morgan fingerprint density at radius 2 is 1.62 bits per heavy atom. The predicted octanol–water partition coefficient (Wildman–Crippen LogP) is 4.05. The minimum Gasteiger partial charge on any atom is -0.454 e. The van der Waals surface area contributed by atoms with Crippen LogP contribution in [0.5, 0.6) is 0 Å². The van der Waals surface area contributed by atoms with Crippen LogP contribution in [-0.2, 0) is 4.74 Å². The van der Waals surface area contributed by atoms with Crippen LogP contribution in [0.3, 0.4) is 0 Å². The molecule has 4 rings (SSSR count). The summed E-state index contributed by atoms with van der Waals surface area (Å²) in [6, 6.07) is 17.7. The molecule has 0 amide bonds. The van der Waals surface area contributed by atoms with Gasteiger partial charge in [0.2, 0.25) is 0 Å². The van der Waals surface area contributed by atoms with E-state index in [2.05, 4.69) is 36.4 Å². The maximum absolute atomic E-state index is 12.2. The Balaban J connectivity index is 1.59. The summed E-state index contributed by atoms with van der Waals surface area (Å²) in [5, 5.41) is 0. The van der Waals surface area contributed by atoms with Crippen molar-refractivity contribution in [2.24, 2.45) is 0 Å². The average molecular weight is 276 g/mol. The van der Waals surface area contributed by atoms with E-state index in [0.29, 0.717) is 17.4 Å². The third kappa shape index (κ3) is 2.07. The van der Waals surface area contributed by atoms with E-state index in [1.807, 2.05) is 18.2 Å². The Morgan fingerprint density at radius 1 is 0.905 bits per heavy atom. The van der Waals surface area contributed by atoms with Gasteiger partial charge in [-0.1, -0.05) is 48.5 Å². The molecule has 2 nitrogen and oxygen atoms in total. The number of hydrogen-bond donors (Lipinski definition) is 0. The van der Waals surface area contributed by atoms with Gasteiger partial charge >= 0.3 is 5.97 Å². The fourth-order valence-electron chi connectivity index (χ4n) is 3.47. The van der Waals surface area contributed by atoms with Crippen LogP contribution in [0.2, 0.25) is 0 Å². The van der Waals surface area contributed by atoms with Gasteiger partial charge in [0.25, 0.3) is 0 Å². The van der Waals surface area contributed by atoms with Gasteiger partial charge in [-0.15, -0.1) is 0 Å². The molecule has 21 heavy (non-hydrogen) atoms. The zero-order valence-corrected chi connectivity index (χ0v) is 11.6. The normalized spacial score (nSPS) is 25.4. The van der Waals surface area contributed by atoms with E-state index in [1.165, 1.54) is 11.1 Å². The summed E-state index contributed by atoms with van der Waals surface area (Å²) in [6.07, 6.45) is 5.13. The van der Waals surface area contributed by atoms with Gasteiger partial charge in [-0.25, -0.2) is 4.79 Å². The highest BCUT2D eigenvalue weighted by atomic mass is 16.5. The second-order valence-electron chi connectivity index (χ2n) is 5.70. The van der Waals surface area contributed by atoms with Gasteiger partial charge in [-0.05, 0) is 35.8 Å². The van der Waals surface area contributed by atoms with Gasteiger partial charge in [0, 0.05) is 11.8 Å². The number of benzene rings is 2. The highest BCUT2D eigenvalue weighted by Gasteiger charge is 2.38. The summed E-state index contributed by atoms with van der Waals surface area (Å²) in [6.45, 7) is 0. The van der Waals surface area contributed by atoms with Crippen LogP contribution in [0.4, 0.5) is 0 Å². The van der Waals surface area contributed by atoms with E-state index < -0.39 is 0 Å². The van der Waals surface area contributed by atoms with Gasteiger partial charge in [0.15, 0.2) is 0 Å². The fraction of sp³-hybridized carbons (Fsp3) is 0.211. The number of carbonyl (C=O) groups excluding carboxylic acids is 1. The minimum atomic E-state index is -0.243. The molecule has 0 saturated heterocycles. The molecule has 0 aliphatic heterocycles. The van der Waals surface area contributed by atoms with Crippen LogP contribution < -0.4 is 0 Å². The molecule has 2 aromatic rings. The first-order valence-corrected chi connectivity index (χ1v) is 7.36. The maximum Gasteiger partial charge on any atom is 0.338 e. The zero-order valence-electron chi connectivity index (χ0n) is 11.6. The highest BCUT2D eigenvalue weighted by Crippen LogP contribution is 2.48. The first kappa shape index (κ1) is 12.4. The summed E-state index contributed by atoms with van der Waals surface area (Å²) < 4.78 is 5.74. The van der Waals surface area contributed by atoms with Crippen LogP contribution in [0.1, 0.15) is 39.7 Å². The molecule has 0 saturated carbocycles. The molecule has 0 unspecified atom stereocenters. The molecule has 0 spiro atoms. The monoisotopic (exact) mass is 276 g/mol. The largest absolute Gasteiger partial charge is 0.454 e. The van der Waals surface area contributed by atoms with Crippen LogP contribution >= 0.6 is 0 Å². The van der Waals surface area contributed by atoms with Gasteiger partial charge in [0.05, 0.1) is 5.56 Å². The Morgan fingerprint density at radius 3 is 2.43 bits per heavy atom. The number of carbonyl (C=O) groups is 1. The van der Waals surface area contributed by atoms with Crippen LogP contribution in [0, 0.1) is 0 Å². The van der Waals surface area contributed by atoms with Crippen molar-refractivity contribution in [3.8, 4) is 0 Å². The first-order valence-electron chi connectivity index (χ1n) is 7.36. The van der Waals surface area contributed by atoms with E-state index in [4.69, 9.17) is 4.74 Å². The predicted molar refractivity (Wildman–Crippen MR) is 81.3 cm³/mol. The molecule has 2 bridgehead atoms. The average Bonchev–Trinajstić information content (AvgIpc) is 2.85. The van der Waals surface area contributed by atoms with E-state index in [0.717, 1.165) is 6.42 Å². The number of ether oxygens (including phenoxy) is 1. The molecular weight excluding hydrogens is 260 g/mol. The van der Waals surface area contributed by atoms with Crippen molar-refractivity contribution in [2.45, 2.75) is 24.4 Å². The van der Waals surface area contributed by atoms with E-state index >= 15 is 0 Å². The van der Waals surface area contributed by atoms with Gasteiger partial charge in [-0.2, -0.15) is 0 Å². The second-order valence-corrected chi connectivity index (χ2v) is 5.70. The lowest BCUT2D eigenvalue weighted by Gasteiger charge is -2.24. The second kappa shape index (κ2) is 4.88. The van der Waals surface area contributed by atoms with Gasteiger partial charge < -0.3 is 4.74 Å². The topological polar surface area (TPSA) is 26.3 Å². The summed E-state index contributed by atoms with van der Waals surface area (Å²) >= 11 is 0. The maximum atomic E-state index is 12.2. The molecule has 2 aliphatic rings. The Labute approximate surface area is 124 Å². The molecule has 2 heteroatoms. The molecule has 0 heterocycles. The lowest BCUT2D eigenvalue weighted by atomic mass is 9.90. The van der Waals surface area contributed by atoms with Crippen molar-refractivity contribution < 1.29 is 9.53 Å². The minimum absolute atomic E-state index is 0.155. The molecule has 0 fully saturated rings. The third-order valence-corrected chi connectivity index (χ3v) is 4.49. The molecule has 2 aromatic carbocycles. The molecule has 2 aliphatic carbocycles. The summed E-state index contributed by atoms with van der Waals surface area (Å²) in [4.78, 5) is 12.2. The van der Waals surface area contributed by atoms with Gasteiger partial charge in [0.1, 0.15) is 6.10 Å². The molecule has 0 N–H and O–H groups in total. The van der Waals surface area contributed by atoms with Crippen molar-refractivity contribution in [1.29, 1.82) is 0 Å². The lowest BCUT2D eigenvalue weighted by molar-refractivity contribution is 0.0334. The number of rotatable bonds is 2. The van der Waals surface area contributed by atoms with Gasteiger partial charge in [-0.3, -0.25) is 0 Å². The molecule has 0 aromatic heterocycles. The summed E-state index contributed by atoms with van der Waals surface area (Å²) in [7, 11) is 0. The van der Waals surface area contributed by atoms with Crippen molar-refractivity contribution in [2.75, 3.05) is 0 Å². The smallest absolute Gasteiger partial charge is 0.338 e. The van der Waals surface area contributed by atoms with E-state index in [9.17, 15) is 4.79 Å². The number of hydrogen-bond acceptors (Lipinski definition) is 2. The molecule has 104 valence electrons. The number of fused-ring (bicyclic) bond motifs is 5. The van der Waals surface area contributed by atoms with E-state index in [-0.39, 0.29) is 12.1 Å². The first-order chi connectivity index (χ1) is 10.3. The van der Waals surface area contributed by atoms with Crippen LogP contribution in [-0.4, -0.2) is 12.1 Å². The summed E-state index contributed by atoms with van der Waals surface area (Å²) in [5.41, 5.74) is 3.33. The Hall–Kier alpha value is -2.35. The quantitative estimate of drug-likeness (QED) is 0.611. The van der Waals surface area contributed by atoms with Crippen molar-refractivity contribution in [3.05, 3.63) is 83.4 Å². The zero-order chi connectivity index (χ0) is 14.2. The molecular formula is C19H16O2. The number of allylic oxidation sites excluding steroid dienone is 1. The fourth-order valence-corrected chi connectivity index (χ4v) is 3.47. The van der Waals surface area contributed by atoms with Crippen molar-refractivity contribution in [3.63, 3.8) is 0 Å². The SMILES string of the molecule is O=C(O[C@H]1C=C[C@@H]2C[C@H]1c1ccccc12)c1ccccc1. The standard InChI is InChI=1S/C19H16O2/c20-19(13-6-2-1-3-7-13)21-18-11-10-14-12-17(18)16-9-5-4-8-15(14)16/h1-11,14,17-18H,12H2/t14-,17+,18+/m1/s1.